The normalized spacial score (nSPS) is 12.5. The van der Waals surface area contributed by atoms with Gasteiger partial charge in [0.25, 0.3) is 0 Å². The molecule has 0 fully saturated rings. The number of hydrogen-bond donors (Lipinski definition) is 0. The molecule has 0 radical (unpaired) electrons. The van der Waals surface area contributed by atoms with Crippen molar-refractivity contribution in [3.05, 3.63) is 27.7 Å². The Bertz CT molecular complexity index is 577. The lowest BCUT2D eigenvalue weighted by atomic mass is 10.2. The van der Waals surface area contributed by atoms with Gasteiger partial charge in [0.05, 0.1) is 21.4 Å². The van der Waals surface area contributed by atoms with Crippen molar-refractivity contribution < 1.29 is 13.2 Å². The first-order chi connectivity index (χ1) is 9.08. The second-order valence-corrected chi connectivity index (χ2v) is 9.26. The molecule has 0 heterocycles. The number of hydrogen-bond acceptors (Lipinski definition) is 3. The van der Waals surface area contributed by atoms with Gasteiger partial charge in [-0.05, 0) is 32.9 Å². The van der Waals surface area contributed by atoms with Crippen LogP contribution < -0.4 is 4.74 Å². The number of rotatable bonds is 5. The molecule has 0 aromatic heterocycles. The molecule has 0 amide bonds. The fraction of sp³-hybridized carbons (Fsp3) is 0.538. The van der Waals surface area contributed by atoms with Crippen LogP contribution in [0.25, 0.3) is 0 Å². The maximum Gasteiger partial charge on any atom is 0.158 e. The number of sulfone groups is 1. The van der Waals surface area contributed by atoms with Gasteiger partial charge in [-0.15, -0.1) is 11.6 Å². The molecule has 20 heavy (non-hydrogen) atoms. The third-order valence-electron chi connectivity index (χ3n) is 2.76. The highest BCUT2D eigenvalue weighted by molar-refractivity contribution is 7.92. The summed E-state index contributed by atoms with van der Waals surface area (Å²) in [4.78, 5) is 0. The lowest BCUT2D eigenvalue weighted by molar-refractivity contribution is 0.337. The molecule has 0 unspecified atom stereocenters. The molecule has 0 saturated heterocycles. The predicted octanol–water partition coefficient (Wildman–Crippen LogP) is 4.32. The Morgan fingerprint density at radius 1 is 1.20 bits per heavy atom. The van der Waals surface area contributed by atoms with E-state index in [9.17, 15) is 8.42 Å². The molecule has 0 atom stereocenters. The molecule has 0 aliphatic carbocycles. The fourth-order valence-corrected chi connectivity index (χ4v) is 3.14. The van der Waals surface area contributed by atoms with Crippen molar-refractivity contribution in [2.45, 2.75) is 31.4 Å². The highest BCUT2D eigenvalue weighted by Crippen LogP contribution is 2.33. The minimum Gasteiger partial charge on any atom is -0.491 e. The molecular formula is C13H17Cl3O3S. The van der Waals surface area contributed by atoms with Gasteiger partial charge in [0.15, 0.2) is 9.84 Å². The molecule has 0 aliphatic rings. The summed E-state index contributed by atoms with van der Waals surface area (Å²) < 4.78 is 28.6. The van der Waals surface area contributed by atoms with Crippen LogP contribution in [0.1, 0.15) is 26.3 Å². The zero-order valence-electron chi connectivity index (χ0n) is 11.5. The third-order valence-corrected chi connectivity index (χ3v) is 6.12. The van der Waals surface area contributed by atoms with Crippen molar-refractivity contribution in [1.82, 2.24) is 0 Å². The molecular weight excluding hydrogens is 343 g/mol. The summed E-state index contributed by atoms with van der Waals surface area (Å²) in [6.07, 6.45) is 0. The van der Waals surface area contributed by atoms with Crippen LogP contribution in [0.4, 0.5) is 0 Å². The average Bonchev–Trinajstić information content (AvgIpc) is 2.29. The van der Waals surface area contributed by atoms with E-state index in [1.807, 2.05) is 0 Å². The van der Waals surface area contributed by atoms with Gasteiger partial charge in [-0.2, -0.15) is 0 Å². The van der Waals surface area contributed by atoms with Gasteiger partial charge in [-0.1, -0.05) is 23.2 Å². The maximum absolute atomic E-state index is 12.0. The smallest absolute Gasteiger partial charge is 0.158 e. The van der Waals surface area contributed by atoms with Crippen LogP contribution in [0.3, 0.4) is 0 Å². The van der Waals surface area contributed by atoms with Gasteiger partial charge >= 0.3 is 0 Å². The van der Waals surface area contributed by atoms with E-state index in [0.717, 1.165) is 0 Å². The van der Waals surface area contributed by atoms with Gasteiger partial charge in [0.2, 0.25) is 0 Å². The molecule has 1 rings (SSSR count). The predicted molar refractivity (Wildman–Crippen MR) is 85.1 cm³/mol. The second-order valence-electron chi connectivity index (χ2n) is 5.29. The van der Waals surface area contributed by atoms with Gasteiger partial charge in [-0.25, -0.2) is 8.42 Å². The number of ether oxygens (including phenoxy) is 1. The van der Waals surface area contributed by atoms with E-state index in [2.05, 4.69) is 0 Å². The summed E-state index contributed by atoms with van der Waals surface area (Å²) in [5.41, 5.74) is 0.636. The zero-order valence-corrected chi connectivity index (χ0v) is 14.6. The minimum absolute atomic E-state index is 0.0187. The van der Waals surface area contributed by atoms with Crippen LogP contribution in [0.5, 0.6) is 5.75 Å². The quantitative estimate of drug-likeness (QED) is 0.735. The number of alkyl halides is 1. The van der Waals surface area contributed by atoms with Crippen molar-refractivity contribution in [3.8, 4) is 5.75 Å². The van der Waals surface area contributed by atoms with Crippen molar-refractivity contribution >= 4 is 44.6 Å². The molecule has 0 aliphatic heterocycles. The van der Waals surface area contributed by atoms with E-state index in [-0.39, 0.29) is 18.2 Å². The average molecular weight is 360 g/mol. The van der Waals surface area contributed by atoms with Gasteiger partial charge in [0.1, 0.15) is 12.4 Å². The zero-order chi connectivity index (χ0) is 15.6. The standard InChI is InChI=1S/C13H17Cl3O3S/c1-13(2,3)20(17,18)5-4-19-12-9(8-14)6-10(15)7-11(12)16/h6-7H,4-5,8H2,1-3H3. The van der Waals surface area contributed by atoms with E-state index < -0.39 is 14.6 Å². The summed E-state index contributed by atoms with van der Waals surface area (Å²) in [5.74, 6) is 0.480. The Hall–Kier alpha value is -0.160. The second kappa shape index (κ2) is 6.73. The van der Waals surface area contributed by atoms with Crippen LogP contribution in [0.15, 0.2) is 12.1 Å². The summed E-state index contributed by atoms with van der Waals surface area (Å²) in [6, 6.07) is 3.18. The summed E-state index contributed by atoms with van der Waals surface area (Å²) in [5, 5.41) is 0.779. The first-order valence-corrected chi connectivity index (χ1v) is 8.92. The Kier molecular flexibility index (Phi) is 6.02. The Labute approximate surface area is 135 Å². The SMILES string of the molecule is CC(C)(C)S(=O)(=O)CCOc1c(Cl)cc(Cl)cc1CCl. The van der Waals surface area contributed by atoms with Crippen LogP contribution in [0, 0.1) is 0 Å². The van der Waals surface area contributed by atoms with Crippen LogP contribution in [-0.4, -0.2) is 25.5 Å². The molecule has 0 bridgehead atoms. The molecule has 7 heteroatoms. The topological polar surface area (TPSA) is 43.4 Å². The summed E-state index contributed by atoms with van der Waals surface area (Å²) in [6.45, 7) is 4.98. The third kappa shape index (κ3) is 4.42. The van der Waals surface area contributed by atoms with Gasteiger partial charge < -0.3 is 4.74 Å². The van der Waals surface area contributed by atoms with Crippen molar-refractivity contribution in [2.24, 2.45) is 0 Å². The Morgan fingerprint density at radius 3 is 2.30 bits per heavy atom. The van der Waals surface area contributed by atoms with Gasteiger partial charge in [-0.3, -0.25) is 0 Å². The largest absolute Gasteiger partial charge is 0.491 e. The van der Waals surface area contributed by atoms with E-state index in [0.29, 0.717) is 21.4 Å². The van der Waals surface area contributed by atoms with Crippen LogP contribution in [0.2, 0.25) is 10.0 Å². The van der Waals surface area contributed by atoms with E-state index in [1.54, 1.807) is 26.8 Å². The van der Waals surface area contributed by atoms with Crippen molar-refractivity contribution in [1.29, 1.82) is 0 Å². The fourth-order valence-electron chi connectivity index (χ4n) is 1.43. The van der Waals surface area contributed by atoms with E-state index in [1.165, 1.54) is 6.07 Å². The molecule has 3 nitrogen and oxygen atoms in total. The lowest BCUT2D eigenvalue weighted by Crippen LogP contribution is -2.32. The van der Waals surface area contributed by atoms with Crippen molar-refractivity contribution in [2.75, 3.05) is 12.4 Å². The van der Waals surface area contributed by atoms with Crippen LogP contribution >= 0.6 is 34.8 Å². The number of halogens is 3. The molecule has 1 aromatic carbocycles. The molecule has 0 N–H and O–H groups in total. The Balaban J connectivity index is 2.82. The first kappa shape index (κ1) is 17.9. The van der Waals surface area contributed by atoms with Crippen LogP contribution in [-0.2, 0) is 15.7 Å². The maximum atomic E-state index is 12.0. The molecule has 0 saturated carbocycles. The monoisotopic (exact) mass is 358 g/mol. The summed E-state index contributed by atoms with van der Waals surface area (Å²) >= 11 is 17.7. The molecule has 114 valence electrons. The number of benzene rings is 1. The van der Waals surface area contributed by atoms with E-state index >= 15 is 0 Å². The minimum atomic E-state index is -3.24. The molecule has 1 aromatic rings. The van der Waals surface area contributed by atoms with E-state index in [4.69, 9.17) is 39.5 Å². The van der Waals surface area contributed by atoms with Gasteiger partial charge in [0, 0.05) is 10.6 Å². The van der Waals surface area contributed by atoms with Crippen molar-refractivity contribution in [3.63, 3.8) is 0 Å². The first-order valence-electron chi connectivity index (χ1n) is 5.97. The summed E-state index contributed by atoms with van der Waals surface area (Å²) in [7, 11) is -3.24. The molecule has 0 spiro atoms. The highest BCUT2D eigenvalue weighted by atomic mass is 35.5. The Morgan fingerprint density at radius 2 is 1.80 bits per heavy atom. The highest BCUT2D eigenvalue weighted by Gasteiger charge is 2.28. The lowest BCUT2D eigenvalue weighted by Gasteiger charge is -2.19.